The second kappa shape index (κ2) is 5.40. The molecule has 0 spiro atoms. The van der Waals surface area contributed by atoms with E-state index in [0.717, 1.165) is 42.9 Å². The van der Waals surface area contributed by atoms with Crippen molar-refractivity contribution >= 4 is 5.91 Å². The van der Waals surface area contributed by atoms with Crippen LogP contribution in [-0.4, -0.2) is 44.1 Å². The van der Waals surface area contributed by atoms with Crippen molar-refractivity contribution in [2.45, 2.75) is 19.8 Å². The average Bonchev–Trinajstić information content (AvgIpc) is 3.10. The van der Waals surface area contributed by atoms with E-state index in [1.54, 1.807) is 31.7 Å². The van der Waals surface area contributed by atoms with Crippen molar-refractivity contribution in [3.63, 3.8) is 0 Å². The molecule has 1 amide bonds. The van der Waals surface area contributed by atoms with Crippen LogP contribution >= 0.6 is 0 Å². The average molecular weight is 271 g/mol. The number of aromatic nitrogens is 4. The lowest BCUT2D eigenvalue weighted by atomic mass is 10.0. The van der Waals surface area contributed by atoms with Gasteiger partial charge in [0.2, 0.25) is 5.91 Å². The van der Waals surface area contributed by atoms with E-state index in [-0.39, 0.29) is 5.91 Å². The SMILES string of the molecule is CC(=O)N1CCC(Cc2cncc(-c3cn[nH]c3)n2)C1. The van der Waals surface area contributed by atoms with Crippen LogP contribution in [-0.2, 0) is 11.2 Å². The van der Waals surface area contributed by atoms with Gasteiger partial charge in [0.1, 0.15) is 0 Å². The fourth-order valence-electron chi connectivity index (χ4n) is 2.62. The van der Waals surface area contributed by atoms with Gasteiger partial charge < -0.3 is 4.90 Å². The lowest BCUT2D eigenvalue weighted by molar-refractivity contribution is -0.127. The molecule has 1 unspecified atom stereocenters. The predicted molar refractivity (Wildman–Crippen MR) is 73.7 cm³/mol. The maximum absolute atomic E-state index is 11.3. The second-order valence-corrected chi connectivity index (χ2v) is 5.21. The molecule has 1 aliphatic heterocycles. The predicted octanol–water partition coefficient (Wildman–Crippen LogP) is 1.28. The molecule has 0 radical (unpaired) electrons. The zero-order valence-electron chi connectivity index (χ0n) is 11.4. The molecule has 0 saturated carbocycles. The fourth-order valence-corrected chi connectivity index (χ4v) is 2.62. The van der Waals surface area contributed by atoms with Gasteiger partial charge in [0.15, 0.2) is 0 Å². The number of likely N-dealkylation sites (tertiary alicyclic amines) is 1. The van der Waals surface area contributed by atoms with Crippen LogP contribution in [0.15, 0.2) is 24.8 Å². The molecule has 0 aromatic carbocycles. The van der Waals surface area contributed by atoms with Crippen LogP contribution < -0.4 is 0 Å². The van der Waals surface area contributed by atoms with Crippen molar-refractivity contribution in [3.8, 4) is 11.3 Å². The Hall–Kier alpha value is -2.24. The van der Waals surface area contributed by atoms with Crippen molar-refractivity contribution in [2.75, 3.05) is 13.1 Å². The van der Waals surface area contributed by atoms with Gasteiger partial charge in [0.25, 0.3) is 0 Å². The van der Waals surface area contributed by atoms with E-state index in [1.807, 2.05) is 4.90 Å². The van der Waals surface area contributed by atoms with Crippen LogP contribution in [0.2, 0.25) is 0 Å². The summed E-state index contributed by atoms with van der Waals surface area (Å²) in [6.07, 6.45) is 8.99. The summed E-state index contributed by atoms with van der Waals surface area (Å²) in [4.78, 5) is 22.1. The van der Waals surface area contributed by atoms with Crippen LogP contribution in [0.3, 0.4) is 0 Å². The Morgan fingerprint density at radius 1 is 1.45 bits per heavy atom. The Morgan fingerprint density at radius 2 is 2.35 bits per heavy atom. The summed E-state index contributed by atoms with van der Waals surface area (Å²) in [6, 6.07) is 0. The van der Waals surface area contributed by atoms with E-state index in [0.29, 0.717) is 5.92 Å². The summed E-state index contributed by atoms with van der Waals surface area (Å²) in [5.41, 5.74) is 2.74. The highest BCUT2D eigenvalue weighted by Gasteiger charge is 2.24. The molecule has 6 heteroatoms. The Kier molecular flexibility index (Phi) is 3.45. The highest BCUT2D eigenvalue weighted by atomic mass is 16.2. The summed E-state index contributed by atoms with van der Waals surface area (Å²) < 4.78 is 0. The van der Waals surface area contributed by atoms with Gasteiger partial charge in [-0.15, -0.1) is 0 Å². The Bertz CT molecular complexity index is 595. The first-order valence-corrected chi connectivity index (χ1v) is 6.78. The van der Waals surface area contributed by atoms with Crippen molar-refractivity contribution in [2.24, 2.45) is 5.92 Å². The number of hydrogen-bond donors (Lipinski definition) is 1. The Morgan fingerprint density at radius 3 is 3.05 bits per heavy atom. The molecule has 6 nitrogen and oxygen atoms in total. The molecule has 0 aliphatic carbocycles. The van der Waals surface area contributed by atoms with Gasteiger partial charge in [0, 0.05) is 38.0 Å². The van der Waals surface area contributed by atoms with E-state index in [1.165, 1.54) is 0 Å². The first kappa shape index (κ1) is 12.8. The Labute approximate surface area is 117 Å². The molecular weight excluding hydrogens is 254 g/mol. The first-order chi connectivity index (χ1) is 9.72. The van der Waals surface area contributed by atoms with Crippen LogP contribution in [0.4, 0.5) is 0 Å². The highest BCUT2D eigenvalue weighted by Crippen LogP contribution is 2.21. The third-order valence-electron chi connectivity index (χ3n) is 3.71. The normalized spacial score (nSPS) is 18.4. The highest BCUT2D eigenvalue weighted by molar-refractivity contribution is 5.73. The maximum atomic E-state index is 11.3. The number of nitrogens with one attached hydrogen (secondary N) is 1. The van der Waals surface area contributed by atoms with Crippen LogP contribution in [0.5, 0.6) is 0 Å². The van der Waals surface area contributed by atoms with Gasteiger partial charge in [-0.1, -0.05) is 0 Å². The quantitative estimate of drug-likeness (QED) is 0.912. The Balaban J connectivity index is 1.70. The topological polar surface area (TPSA) is 74.8 Å². The summed E-state index contributed by atoms with van der Waals surface area (Å²) in [5, 5.41) is 6.70. The summed E-state index contributed by atoms with van der Waals surface area (Å²) in [7, 11) is 0. The van der Waals surface area contributed by atoms with Crippen LogP contribution in [0.1, 0.15) is 19.0 Å². The third kappa shape index (κ3) is 2.68. The van der Waals surface area contributed by atoms with Gasteiger partial charge in [0.05, 0.1) is 23.8 Å². The molecule has 3 rings (SSSR count). The van der Waals surface area contributed by atoms with Crippen LogP contribution in [0, 0.1) is 5.92 Å². The molecule has 0 bridgehead atoms. The molecular formula is C14H17N5O. The zero-order valence-corrected chi connectivity index (χ0v) is 11.4. The van der Waals surface area contributed by atoms with Gasteiger partial charge in [-0.25, -0.2) is 4.98 Å². The number of carbonyl (C=O) groups excluding carboxylic acids is 1. The molecule has 1 aliphatic rings. The number of H-pyrrole nitrogens is 1. The number of amides is 1. The van der Waals surface area contributed by atoms with Crippen molar-refractivity contribution in [3.05, 3.63) is 30.5 Å². The van der Waals surface area contributed by atoms with E-state index in [2.05, 4.69) is 20.2 Å². The molecule has 1 N–H and O–H groups in total. The molecule has 2 aromatic rings. The number of rotatable bonds is 3. The van der Waals surface area contributed by atoms with Gasteiger partial charge in [-0.05, 0) is 18.8 Å². The monoisotopic (exact) mass is 271 g/mol. The van der Waals surface area contributed by atoms with E-state index < -0.39 is 0 Å². The van der Waals surface area contributed by atoms with E-state index >= 15 is 0 Å². The largest absolute Gasteiger partial charge is 0.343 e. The lowest BCUT2D eigenvalue weighted by Crippen LogP contribution is -2.26. The second-order valence-electron chi connectivity index (χ2n) is 5.21. The van der Waals surface area contributed by atoms with Crippen molar-refractivity contribution < 1.29 is 4.79 Å². The fraction of sp³-hybridized carbons (Fsp3) is 0.429. The summed E-state index contributed by atoms with van der Waals surface area (Å²) in [5.74, 6) is 0.638. The van der Waals surface area contributed by atoms with Gasteiger partial charge in [-0.2, -0.15) is 5.10 Å². The van der Waals surface area contributed by atoms with Crippen molar-refractivity contribution in [1.29, 1.82) is 0 Å². The summed E-state index contributed by atoms with van der Waals surface area (Å²) in [6.45, 7) is 3.31. The summed E-state index contributed by atoms with van der Waals surface area (Å²) >= 11 is 0. The van der Waals surface area contributed by atoms with Gasteiger partial charge in [-0.3, -0.25) is 14.9 Å². The van der Waals surface area contributed by atoms with E-state index in [4.69, 9.17) is 0 Å². The number of aromatic amines is 1. The van der Waals surface area contributed by atoms with Crippen LogP contribution in [0.25, 0.3) is 11.3 Å². The minimum Gasteiger partial charge on any atom is -0.343 e. The molecule has 104 valence electrons. The molecule has 3 heterocycles. The molecule has 20 heavy (non-hydrogen) atoms. The standard InChI is InChI=1S/C14H17N5O/c1-10(20)19-3-2-11(9-19)4-13-7-15-8-14(18-13)12-5-16-17-6-12/h5-8,11H,2-4,9H2,1H3,(H,16,17). The number of nitrogens with zero attached hydrogens (tertiary/aromatic N) is 4. The molecule has 1 saturated heterocycles. The van der Waals surface area contributed by atoms with Gasteiger partial charge >= 0.3 is 0 Å². The smallest absolute Gasteiger partial charge is 0.219 e. The third-order valence-corrected chi connectivity index (χ3v) is 3.71. The molecule has 2 aromatic heterocycles. The van der Waals surface area contributed by atoms with E-state index in [9.17, 15) is 4.79 Å². The molecule has 1 atom stereocenters. The lowest BCUT2D eigenvalue weighted by Gasteiger charge is -2.13. The minimum atomic E-state index is 0.158. The maximum Gasteiger partial charge on any atom is 0.219 e. The minimum absolute atomic E-state index is 0.158. The number of hydrogen-bond acceptors (Lipinski definition) is 4. The molecule has 1 fully saturated rings. The first-order valence-electron chi connectivity index (χ1n) is 6.78. The van der Waals surface area contributed by atoms with Crippen molar-refractivity contribution in [1.82, 2.24) is 25.1 Å². The number of carbonyl (C=O) groups is 1. The zero-order chi connectivity index (χ0) is 13.9.